The highest BCUT2D eigenvalue weighted by Gasteiger charge is 2.18. The number of hydrogen-bond acceptors (Lipinski definition) is 4. The second-order valence-electron chi connectivity index (χ2n) is 4.25. The van der Waals surface area contributed by atoms with E-state index in [0.717, 1.165) is 0 Å². The van der Waals surface area contributed by atoms with E-state index < -0.39 is 17.3 Å². The van der Waals surface area contributed by atoms with Crippen molar-refractivity contribution in [1.82, 2.24) is 4.98 Å². The third-order valence-corrected chi connectivity index (χ3v) is 2.93. The highest BCUT2D eigenvalue weighted by atomic mass is 16.4. The molecule has 1 heterocycles. The van der Waals surface area contributed by atoms with Crippen molar-refractivity contribution in [3.8, 4) is 0 Å². The maximum absolute atomic E-state index is 12.1. The number of fused-ring (bicyclic) bond motifs is 1. The zero-order valence-electron chi connectivity index (χ0n) is 10.3. The maximum atomic E-state index is 12.1. The number of oxazole rings is 1. The minimum absolute atomic E-state index is 0.189. The summed E-state index contributed by atoms with van der Waals surface area (Å²) in [7, 11) is 0. The lowest BCUT2D eigenvalue weighted by molar-refractivity contribution is 0.0817. The molecule has 98 valence electrons. The zero-order chi connectivity index (χ0) is 14.1. The lowest BCUT2D eigenvalue weighted by atomic mass is 10.0. The second kappa shape index (κ2) is 4.62. The molecule has 0 unspecified atom stereocenters. The van der Waals surface area contributed by atoms with Crippen LogP contribution in [0.1, 0.15) is 20.7 Å². The molecule has 1 N–H and O–H groups in total. The van der Waals surface area contributed by atoms with Gasteiger partial charge in [-0.3, -0.25) is 14.6 Å². The number of H-pyrrole nitrogens is 1. The van der Waals surface area contributed by atoms with Gasteiger partial charge >= 0.3 is 5.76 Å². The van der Waals surface area contributed by atoms with E-state index in [-0.39, 0.29) is 11.1 Å². The fourth-order valence-corrected chi connectivity index (χ4v) is 1.94. The fraction of sp³-hybridized carbons (Fsp3) is 0. The van der Waals surface area contributed by atoms with Gasteiger partial charge in [0.25, 0.3) is 0 Å². The largest absolute Gasteiger partial charge is 0.417 e. The van der Waals surface area contributed by atoms with Crippen LogP contribution in [0.15, 0.2) is 57.7 Å². The Morgan fingerprint density at radius 1 is 0.900 bits per heavy atom. The number of rotatable bonds is 3. The van der Waals surface area contributed by atoms with Crippen LogP contribution in [0.4, 0.5) is 0 Å². The first-order valence-corrected chi connectivity index (χ1v) is 5.92. The number of hydrogen-bond donors (Lipinski definition) is 1. The molecule has 0 spiro atoms. The number of carbonyl (C=O) groups is 2. The van der Waals surface area contributed by atoms with Crippen LogP contribution in [-0.4, -0.2) is 16.6 Å². The molecule has 0 saturated heterocycles. The number of benzene rings is 2. The molecule has 0 aliphatic rings. The van der Waals surface area contributed by atoms with Gasteiger partial charge in [-0.25, -0.2) is 4.79 Å². The Balaban J connectivity index is 2.00. The summed E-state index contributed by atoms with van der Waals surface area (Å²) in [5.41, 5.74) is 1.25. The normalized spacial score (nSPS) is 10.6. The van der Waals surface area contributed by atoms with Crippen LogP contribution in [0.3, 0.4) is 0 Å². The summed E-state index contributed by atoms with van der Waals surface area (Å²) in [5, 5.41) is 0. The van der Waals surface area contributed by atoms with Gasteiger partial charge in [0.15, 0.2) is 5.58 Å². The van der Waals surface area contributed by atoms with E-state index >= 15 is 0 Å². The SMILES string of the molecule is O=C(C(=O)c1ccc2[nH]c(=O)oc2c1)c1ccccc1. The van der Waals surface area contributed by atoms with Crippen molar-refractivity contribution in [3.05, 3.63) is 70.2 Å². The topological polar surface area (TPSA) is 80.1 Å². The lowest BCUT2D eigenvalue weighted by Crippen LogP contribution is -2.14. The molecule has 0 fully saturated rings. The molecule has 3 rings (SSSR count). The average Bonchev–Trinajstić information content (AvgIpc) is 2.85. The Kier molecular flexibility index (Phi) is 2.80. The predicted octanol–water partition coefficient (Wildman–Crippen LogP) is 2.19. The molecule has 0 amide bonds. The molecule has 1 aromatic heterocycles. The quantitative estimate of drug-likeness (QED) is 0.582. The smallest absolute Gasteiger partial charge is 0.408 e. The molecule has 0 bridgehead atoms. The van der Waals surface area contributed by atoms with E-state index in [2.05, 4.69) is 4.98 Å². The number of aromatic nitrogens is 1. The summed E-state index contributed by atoms with van der Waals surface area (Å²) in [6, 6.07) is 12.7. The van der Waals surface area contributed by atoms with Crippen molar-refractivity contribution in [2.45, 2.75) is 0 Å². The molecule has 0 aliphatic carbocycles. The number of Topliss-reactive ketones (excluding diaryl/α,β-unsaturated/α-hetero) is 2. The molecule has 3 aromatic rings. The van der Waals surface area contributed by atoms with Crippen LogP contribution in [0.25, 0.3) is 11.1 Å². The Morgan fingerprint density at radius 3 is 2.35 bits per heavy atom. The van der Waals surface area contributed by atoms with Gasteiger partial charge in [0.1, 0.15) is 0 Å². The van der Waals surface area contributed by atoms with Crippen LogP contribution in [0.5, 0.6) is 0 Å². The lowest BCUT2D eigenvalue weighted by Gasteiger charge is -2.00. The van der Waals surface area contributed by atoms with E-state index in [1.165, 1.54) is 18.2 Å². The Hall–Kier alpha value is -2.95. The van der Waals surface area contributed by atoms with Gasteiger partial charge in [-0.05, 0) is 18.2 Å². The molecule has 0 radical (unpaired) electrons. The highest BCUT2D eigenvalue weighted by molar-refractivity contribution is 6.49. The minimum Gasteiger partial charge on any atom is -0.408 e. The third kappa shape index (κ3) is 2.05. The van der Waals surface area contributed by atoms with Gasteiger partial charge in [0.2, 0.25) is 11.6 Å². The molecule has 5 heteroatoms. The fourth-order valence-electron chi connectivity index (χ4n) is 1.94. The van der Waals surface area contributed by atoms with Crippen LogP contribution in [-0.2, 0) is 0 Å². The van der Waals surface area contributed by atoms with Crippen molar-refractivity contribution < 1.29 is 14.0 Å². The zero-order valence-corrected chi connectivity index (χ0v) is 10.3. The standard InChI is InChI=1S/C15H9NO4/c17-13(9-4-2-1-3-5-9)14(18)10-6-7-11-12(8-10)20-15(19)16-11/h1-8H,(H,16,19). The van der Waals surface area contributed by atoms with Crippen LogP contribution in [0, 0.1) is 0 Å². The molecule has 2 aromatic carbocycles. The summed E-state index contributed by atoms with van der Waals surface area (Å²) < 4.78 is 4.87. The van der Waals surface area contributed by atoms with Gasteiger partial charge in [-0.15, -0.1) is 0 Å². The number of aromatic amines is 1. The molecule has 20 heavy (non-hydrogen) atoms. The molecule has 5 nitrogen and oxygen atoms in total. The van der Waals surface area contributed by atoms with Gasteiger partial charge in [-0.2, -0.15) is 0 Å². The molecular formula is C15H9NO4. The van der Waals surface area contributed by atoms with Crippen molar-refractivity contribution >= 4 is 22.7 Å². The van der Waals surface area contributed by atoms with Crippen molar-refractivity contribution in [3.63, 3.8) is 0 Å². The van der Waals surface area contributed by atoms with Gasteiger partial charge in [-0.1, -0.05) is 30.3 Å². The summed E-state index contributed by atoms with van der Waals surface area (Å²) >= 11 is 0. The monoisotopic (exact) mass is 267 g/mol. The van der Waals surface area contributed by atoms with Crippen LogP contribution >= 0.6 is 0 Å². The maximum Gasteiger partial charge on any atom is 0.417 e. The Labute approximate surface area is 112 Å². The first kappa shape index (κ1) is 12.1. The van der Waals surface area contributed by atoms with E-state index in [9.17, 15) is 14.4 Å². The first-order chi connectivity index (χ1) is 9.65. The van der Waals surface area contributed by atoms with Crippen molar-refractivity contribution in [2.24, 2.45) is 0 Å². The number of nitrogens with one attached hydrogen (secondary N) is 1. The predicted molar refractivity (Wildman–Crippen MR) is 71.9 cm³/mol. The van der Waals surface area contributed by atoms with Gasteiger partial charge in [0.05, 0.1) is 5.52 Å². The summed E-state index contributed by atoms with van der Waals surface area (Å²) in [6.45, 7) is 0. The van der Waals surface area contributed by atoms with Crippen molar-refractivity contribution in [1.29, 1.82) is 0 Å². The first-order valence-electron chi connectivity index (χ1n) is 5.92. The average molecular weight is 267 g/mol. The minimum atomic E-state index is -0.637. The van der Waals surface area contributed by atoms with E-state index in [0.29, 0.717) is 11.1 Å². The Bertz CT molecular complexity index is 858. The Morgan fingerprint density at radius 2 is 1.60 bits per heavy atom. The number of ketones is 2. The van der Waals surface area contributed by atoms with Gasteiger partial charge in [0, 0.05) is 11.1 Å². The van der Waals surface area contributed by atoms with E-state index in [4.69, 9.17) is 4.42 Å². The van der Waals surface area contributed by atoms with Gasteiger partial charge < -0.3 is 4.42 Å². The molecular weight excluding hydrogens is 258 g/mol. The van der Waals surface area contributed by atoms with Crippen LogP contribution < -0.4 is 5.76 Å². The third-order valence-electron chi connectivity index (χ3n) is 2.93. The second-order valence-corrected chi connectivity index (χ2v) is 4.25. The van der Waals surface area contributed by atoms with E-state index in [1.54, 1.807) is 30.3 Å². The molecule has 0 aliphatic heterocycles. The van der Waals surface area contributed by atoms with E-state index in [1.807, 2.05) is 0 Å². The summed E-state index contributed by atoms with van der Waals surface area (Å²) in [6.07, 6.45) is 0. The molecule has 0 atom stereocenters. The molecule has 0 saturated carbocycles. The van der Waals surface area contributed by atoms with Crippen molar-refractivity contribution in [2.75, 3.05) is 0 Å². The summed E-state index contributed by atoms with van der Waals surface area (Å²) in [4.78, 5) is 37.7. The number of carbonyl (C=O) groups excluding carboxylic acids is 2. The van der Waals surface area contributed by atoms with Crippen LogP contribution in [0.2, 0.25) is 0 Å². The highest BCUT2D eigenvalue weighted by Crippen LogP contribution is 2.14. The summed E-state index contributed by atoms with van der Waals surface area (Å²) in [5.74, 6) is -1.83.